The Morgan fingerprint density at radius 1 is 1.28 bits per heavy atom. The van der Waals surface area contributed by atoms with Crippen molar-refractivity contribution in [3.63, 3.8) is 0 Å². The lowest BCUT2D eigenvalue weighted by atomic mass is 9.76. The molecule has 0 radical (unpaired) electrons. The van der Waals surface area contributed by atoms with Crippen molar-refractivity contribution in [3.05, 3.63) is 40.3 Å². The third-order valence-electron chi connectivity index (χ3n) is 4.59. The Balaban J connectivity index is 2.08. The summed E-state index contributed by atoms with van der Waals surface area (Å²) in [5.41, 5.74) is -1.39. The molecular formula is C18H21N3O4. The number of carboxylic acids is 1. The Labute approximate surface area is 144 Å². The summed E-state index contributed by atoms with van der Waals surface area (Å²) in [6, 6.07) is 6.77. The number of hydrogen-bond acceptors (Lipinski definition) is 4. The predicted molar refractivity (Wildman–Crippen MR) is 92.5 cm³/mol. The highest BCUT2D eigenvalue weighted by Crippen LogP contribution is 2.32. The van der Waals surface area contributed by atoms with E-state index in [4.69, 9.17) is 0 Å². The molecule has 0 bridgehead atoms. The van der Waals surface area contributed by atoms with E-state index in [1.807, 2.05) is 13.8 Å². The molecule has 1 fully saturated rings. The zero-order valence-corrected chi connectivity index (χ0v) is 14.3. The van der Waals surface area contributed by atoms with Crippen LogP contribution in [-0.4, -0.2) is 32.3 Å². The first kappa shape index (κ1) is 17.1. The standard InChI is InChI=1S/C18H21N3O4/c1-11(2)10-21-16(23)13-7-4-3-6-12(13)14(20-21)15(22)19-18(17(24)25)8-5-9-18/h3-4,6-7,11H,5,8-10H2,1-2H3,(H,19,22)(H,24,25). The second-order valence-corrected chi connectivity index (χ2v) is 6.97. The van der Waals surface area contributed by atoms with E-state index in [2.05, 4.69) is 10.4 Å². The molecule has 3 rings (SSSR count). The Morgan fingerprint density at radius 3 is 2.44 bits per heavy atom. The maximum absolute atomic E-state index is 12.8. The molecule has 0 atom stereocenters. The fraction of sp³-hybridized carbons (Fsp3) is 0.444. The lowest BCUT2D eigenvalue weighted by Gasteiger charge is -2.38. The Kier molecular flexibility index (Phi) is 4.32. The minimum Gasteiger partial charge on any atom is -0.480 e. The molecule has 1 aliphatic carbocycles. The van der Waals surface area contributed by atoms with Gasteiger partial charge in [0.25, 0.3) is 11.5 Å². The van der Waals surface area contributed by atoms with E-state index in [-0.39, 0.29) is 17.2 Å². The van der Waals surface area contributed by atoms with Gasteiger partial charge in [0.1, 0.15) is 5.54 Å². The predicted octanol–water partition coefficient (Wildman–Crippen LogP) is 1.79. The molecule has 2 N–H and O–H groups in total. The number of carbonyl (C=O) groups excluding carboxylic acids is 1. The number of nitrogens with zero attached hydrogens (tertiary/aromatic N) is 2. The summed E-state index contributed by atoms with van der Waals surface area (Å²) in [5.74, 6) is -1.41. The van der Waals surface area contributed by atoms with Crippen LogP contribution in [0.3, 0.4) is 0 Å². The van der Waals surface area contributed by atoms with Gasteiger partial charge in [0.15, 0.2) is 5.69 Å². The molecule has 1 aromatic carbocycles. The maximum Gasteiger partial charge on any atom is 0.329 e. The monoisotopic (exact) mass is 343 g/mol. The summed E-state index contributed by atoms with van der Waals surface area (Å²) >= 11 is 0. The average molecular weight is 343 g/mol. The molecule has 7 heteroatoms. The minimum atomic E-state index is -1.22. The highest BCUT2D eigenvalue weighted by atomic mass is 16.4. The van der Waals surface area contributed by atoms with Crippen molar-refractivity contribution in [3.8, 4) is 0 Å². The summed E-state index contributed by atoms with van der Waals surface area (Å²) in [6.45, 7) is 4.29. The van der Waals surface area contributed by atoms with Crippen molar-refractivity contribution in [2.45, 2.75) is 45.2 Å². The molecule has 1 saturated carbocycles. The number of amides is 1. The molecule has 132 valence electrons. The molecule has 0 aliphatic heterocycles. The largest absolute Gasteiger partial charge is 0.480 e. The molecule has 0 unspecified atom stereocenters. The van der Waals surface area contributed by atoms with Crippen molar-refractivity contribution >= 4 is 22.6 Å². The molecule has 2 aromatic rings. The van der Waals surface area contributed by atoms with Gasteiger partial charge >= 0.3 is 5.97 Å². The summed E-state index contributed by atoms with van der Waals surface area (Å²) in [4.78, 5) is 36.9. The molecule has 0 saturated heterocycles. The van der Waals surface area contributed by atoms with Crippen LogP contribution >= 0.6 is 0 Å². The van der Waals surface area contributed by atoms with Gasteiger partial charge in [-0.1, -0.05) is 32.0 Å². The number of nitrogens with one attached hydrogen (secondary N) is 1. The topological polar surface area (TPSA) is 101 Å². The van der Waals surface area contributed by atoms with Gasteiger partial charge in [-0.25, -0.2) is 9.48 Å². The highest BCUT2D eigenvalue weighted by molar-refractivity contribution is 6.06. The van der Waals surface area contributed by atoms with Crippen LogP contribution in [-0.2, 0) is 11.3 Å². The van der Waals surface area contributed by atoms with Crippen LogP contribution in [0.5, 0.6) is 0 Å². The number of hydrogen-bond donors (Lipinski definition) is 2. The SMILES string of the molecule is CC(C)Cn1nc(C(=O)NC2(C(=O)O)CCC2)c2ccccc2c1=O. The Bertz CT molecular complexity index is 897. The summed E-state index contributed by atoms with van der Waals surface area (Å²) < 4.78 is 1.29. The van der Waals surface area contributed by atoms with Crippen LogP contribution in [0.15, 0.2) is 29.1 Å². The Hall–Kier alpha value is -2.70. The van der Waals surface area contributed by atoms with Gasteiger partial charge in [-0.15, -0.1) is 0 Å². The Morgan fingerprint density at radius 2 is 1.92 bits per heavy atom. The molecule has 1 heterocycles. The third kappa shape index (κ3) is 3.01. The number of fused-ring (bicyclic) bond motifs is 1. The van der Waals surface area contributed by atoms with E-state index in [0.29, 0.717) is 30.2 Å². The van der Waals surface area contributed by atoms with Crippen LogP contribution in [0.4, 0.5) is 0 Å². The molecule has 25 heavy (non-hydrogen) atoms. The summed E-state index contributed by atoms with van der Waals surface area (Å²) in [6.07, 6.45) is 1.56. The van der Waals surface area contributed by atoms with Gasteiger partial charge in [-0.05, 0) is 31.2 Å². The van der Waals surface area contributed by atoms with Gasteiger partial charge < -0.3 is 10.4 Å². The zero-order valence-electron chi connectivity index (χ0n) is 14.3. The third-order valence-corrected chi connectivity index (χ3v) is 4.59. The molecule has 7 nitrogen and oxygen atoms in total. The van der Waals surface area contributed by atoms with Crippen LogP contribution in [0, 0.1) is 5.92 Å². The van der Waals surface area contributed by atoms with Gasteiger partial charge in [-0.3, -0.25) is 9.59 Å². The first-order chi connectivity index (χ1) is 11.8. The van der Waals surface area contributed by atoms with Crippen molar-refractivity contribution in [1.29, 1.82) is 0 Å². The van der Waals surface area contributed by atoms with E-state index in [0.717, 1.165) is 6.42 Å². The smallest absolute Gasteiger partial charge is 0.329 e. The number of carboxylic acid groups (broad SMARTS) is 1. The van der Waals surface area contributed by atoms with Gasteiger partial charge in [0, 0.05) is 11.9 Å². The second-order valence-electron chi connectivity index (χ2n) is 6.97. The molecule has 1 aliphatic rings. The highest BCUT2D eigenvalue weighted by Gasteiger charge is 2.46. The van der Waals surface area contributed by atoms with Gasteiger partial charge in [-0.2, -0.15) is 5.10 Å². The van der Waals surface area contributed by atoms with Crippen molar-refractivity contribution in [2.24, 2.45) is 5.92 Å². The van der Waals surface area contributed by atoms with E-state index < -0.39 is 17.4 Å². The zero-order chi connectivity index (χ0) is 18.2. The van der Waals surface area contributed by atoms with Gasteiger partial charge in [0.05, 0.1) is 5.39 Å². The van der Waals surface area contributed by atoms with E-state index in [1.54, 1.807) is 24.3 Å². The lowest BCUT2D eigenvalue weighted by molar-refractivity contribution is -0.148. The molecular weight excluding hydrogens is 322 g/mol. The summed E-state index contributed by atoms with van der Waals surface area (Å²) in [7, 11) is 0. The number of aliphatic carboxylic acids is 1. The van der Waals surface area contributed by atoms with Crippen molar-refractivity contribution < 1.29 is 14.7 Å². The maximum atomic E-state index is 12.8. The van der Waals surface area contributed by atoms with Crippen LogP contribution in [0.2, 0.25) is 0 Å². The first-order valence-electron chi connectivity index (χ1n) is 8.40. The normalized spacial score (nSPS) is 15.8. The second kappa shape index (κ2) is 6.31. The number of carbonyl (C=O) groups is 2. The molecule has 1 aromatic heterocycles. The van der Waals surface area contributed by atoms with Crippen molar-refractivity contribution in [1.82, 2.24) is 15.1 Å². The van der Waals surface area contributed by atoms with Crippen molar-refractivity contribution in [2.75, 3.05) is 0 Å². The van der Waals surface area contributed by atoms with E-state index in [9.17, 15) is 19.5 Å². The average Bonchev–Trinajstić information content (AvgIpc) is 2.52. The number of rotatable bonds is 5. The number of aromatic nitrogens is 2. The minimum absolute atomic E-state index is 0.0865. The lowest BCUT2D eigenvalue weighted by Crippen LogP contribution is -2.59. The summed E-state index contributed by atoms with van der Waals surface area (Å²) in [5, 5.41) is 17.1. The van der Waals surface area contributed by atoms with Crippen LogP contribution < -0.4 is 10.9 Å². The fourth-order valence-corrected chi connectivity index (χ4v) is 3.07. The molecule has 0 spiro atoms. The van der Waals surface area contributed by atoms with Crippen LogP contribution in [0.1, 0.15) is 43.6 Å². The van der Waals surface area contributed by atoms with Gasteiger partial charge in [0.2, 0.25) is 0 Å². The molecule has 1 amide bonds. The quantitative estimate of drug-likeness (QED) is 0.862. The van der Waals surface area contributed by atoms with Crippen LogP contribution in [0.25, 0.3) is 10.8 Å². The number of benzene rings is 1. The fourth-order valence-electron chi connectivity index (χ4n) is 3.07. The van der Waals surface area contributed by atoms with E-state index >= 15 is 0 Å². The first-order valence-corrected chi connectivity index (χ1v) is 8.40. The van der Waals surface area contributed by atoms with E-state index in [1.165, 1.54) is 4.68 Å².